The molecule has 2 rings (SSSR count). The van der Waals surface area contributed by atoms with Crippen LogP contribution < -0.4 is 0 Å². The summed E-state index contributed by atoms with van der Waals surface area (Å²) in [6.45, 7) is 2.05. The second-order valence-corrected chi connectivity index (χ2v) is 4.44. The molecular weight excluding hydrogens is 234 g/mol. The average molecular weight is 247 g/mol. The van der Waals surface area contributed by atoms with Crippen molar-refractivity contribution in [2.45, 2.75) is 13.3 Å². The molecular formula is C12H13N3OS. The Labute approximate surface area is 104 Å². The SMILES string of the molecule is CCc1ncc(/C=C/C(=O)c2nccs2)n1C. The molecule has 0 aliphatic rings. The van der Waals surface area contributed by atoms with Crippen molar-refractivity contribution >= 4 is 23.2 Å². The highest BCUT2D eigenvalue weighted by molar-refractivity contribution is 7.11. The van der Waals surface area contributed by atoms with Crippen LogP contribution in [0.4, 0.5) is 0 Å². The Balaban J connectivity index is 2.15. The number of thiazole rings is 1. The summed E-state index contributed by atoms with van der Waals surface area (Å²) in [5, 5.41) is 2.31. The summed E-state index contributed by atoms with van der Waals surface area (Å²) >= 11 is 1.35. The number of carbonyl (C=O) groups excluding carboxylic acids is 1. The van der Waals surface area contributed by atoms with E-state index in [0.717, 1.165) is 17.9 Å². The first-order valence-corrected chi connectivity index (χ1v) is 6.22. The lowest BCUT2D eigenvalue weighted by Crippen LogP contribution is -1.98. The van der Waals surface area contributed by atoms with Crippen LogP contribution in [0, 0.1) is 0 Å². The van der Waals surface area contributed by atoms with Gasteiger partial charge in [0.05, 0.1) is 11.9 Å². The number of carbonyl (C=O) groups is 1. The van der Waals surface area contributed by atoms with Gasteiger partial charge in [-0.15, -0.1) is 11.3 Å². The Kier molecular flexibility index (Phi) is 3.49. The van der Waals surface area contributed by atoms with E-state index in [1.807, 2.05) is 11.6 Å². The third kappa shape index (κ3) is 2.50. The Hall–Kier alpha value is -1.75. The van der Waals surface area contributed by atoms with Gasteiger partial charge < -0.3 is 4.57 Å². The number of hydrogen-bond donors (Lipinski definition) is 0. The normalized spacial score (nSPS) is 11.2. The Morgan fingerprint density at radius 2 is 2.35 bits per heavy atom. The Morgan fingerprint density at radius 1 is 1.53 bits per heavy atom. The lowest BCUT2D eigenvalue weighted by atomic mass is 10.3. The summed E-state index contributed by atoms with van der Waals surface area (Å²) in [5.74, 6) is 0.936. The van der Waals surface area contributed by atoms with Crippen LogP contribution in [0.2, 0.25) is 0 Å². The number of rotatable bonds is 4. The monoisotopic (exact) mass is 247 g/mol. The number of nitrogens with zero attached hydrogens (tertiary/aromatic N) is 3. The zero-order valence-corrected chi connectivity index (χ0v) is 10.6. The number of imidazole rings is 1. The van der Waals surface area contributed by atoms with Gasteiger partial charge in [0.1, 0.15) is 5.82 Å². The molecule has 0 atom stereocenters. The van der Waals surface area contributed by atoms with Crippen molar-refractivity contribution in [1.29, 1.82) is 0 Å². The van der Waals surface area contributed by atoms with E-state index in [4.69, 9.17) is 0 Å². The third-order valence-electron chi connectivity index (χ3n) is 2.49. The predicted molar refractivity (Wildman–Crippen MR) is 68.1 cm³/mol. The standard InChI is InChI=1S/C12H13N3OS/c1-3-11-14-8-9(15(11)2)4-5-10(16)12-13-6-7-17-12/h4-8H,3H2,1-2H3/b5-4+. The van der Waals surface area contributed by atoms with Crippen LogP contribution in [-0.2, 0) is 13.5 Å². The highest BCUT2D eigenvalue weighted by atomic mass is 32.1. The fourth-order valence-corrected chi connectivity index (χ4v) is 2.08. The molecule has 0 fully saturated rings. The largest absolute Gasteiger partial charge is 0.332 e. The van der Waals surface area contributed by atoms with Crippen LogP contribution in [0.1, 0.15) is 28.2 Å². The van der Waals surface area contributed by atoms with E-state index < -0.39 is 0 Å². The van der Waals surface area contributed by atoms with Gasteiger partial charge in [0, 0.05) is 25.0 Å². The van der Waals surface area contributed by atoms with Crippen LogP contribution >= 0.6 is 11.3 Å². The molecule has 2 aromatic rings. The van der Waals surface area contributed by atoms with Crippen molar-refractivity contribution in [1.82, 2.24) is 14.5 Å². The molecule has 0 bridgehead atoms. The van der Waals surface area contributed by atoms with E-state index in [9.17, 15) is 4.79 Å². The van der Waals surface area contributed by atoms with Crippen molar-refractivity contribution in [2.75, 3.05) is 0 Å². The molecule has 0 unspecified atom stereocenters. The third-order valence-corrected chi connectivity index (χ3v) is 3.27. The first kappa shape index (κ1) is 11.7. The van der Waals surface area contributed by atoms with E-state index in [-0.39, 0.29) is 5.78 Å². The summed E-state index contributed by atoms with van der Waals surface area (Å²) in [4.78, 5) is 19.9. The zero-order valence-electron chi connectivity index (χ0n) is 9.75. The van der Waals surface area contributed by atoms with E-state index in [0.29, 0.717) is 5.01 Å². The molecule has 4 nitrogen and oxygen atoms in total. The van der Waals surface area contributed by atoms with E-state index in [1.165, 1.54) is 17.4 Å². The first-order valence-electron chi connectivity index (χ1n) is 5.35. The van der Waals surface area contributed by atoms with Gasteiger partial charge in [-0.2, -0.15) is 0 Å². The second-order valence-electron chi connectivity index (χ2n) is 3.55. The minimum absolute atomic E-state index is 0.0701. The number of hydrogen-bond acceptors (Lipinski definition) is 4. The van der Waals surface area contributed by atoms with Gasteiger partial charge in [-0.05, 0) is 12.2 Å². The molecule has 0 saturated carbocycles. The molecule has 2 heterocycles. The van der Waals surface area contributed by atoms with Crippen LogP contribution in [0.15, 0.2) is 23.8 Å². The number of allylic oxidation sites excluding steroid dienone is 1. The maximum atomic E-state index is 11.7. The van der Waals surface area contributed by atoms with Crippen molar-refractivity contribution in [3.05, 3.63) is 40.4 Å². The van der Waals surface area contributed by atoms with Crippen molar-refractivity contribution in [3.8, 4) is 0 Å². The van der Waals surface area contributed by atoms with Crippen LogP contribution in [-0.4, -0.2) is 20.3 Å². The molecule has 0 aliphatic heterocycles. The quantitative estimate of drug-likeness (QED) is 0.615. The first-order chi connectivity index (χ1) is 8.22. The van der Waals surface area contributed by atoms with E-state index in [1.54, 1.807) is 23.8 Å². The van der Waals surface area contributed by atoms with Crippen molar-refractivity contribution < 1.29 is 4.79 Å². The fourth-order valence-electron chi connectivity index (χ4n) is 1.52. The Bertz CT molecular complexity index is 540. The highest BCUT2D eigenvalue weighted by Gasteiger charge is 2.05. The maximum absolute atomic E-state index is 11.7. The minimum Gasteiger partial charge on any atom is -0.332 e. The molecule has 5 heteroatoms. The van der Waals surface area contributed by atoms with E-state index >= 15 is 0 Å². The molecule has 0 spiro atoms. The van der Waals surface area contributed by atoms with Gasteiger partial charge in [-0.25, -0.2) is 9.97 Å². The topological polar surface area (TPSA) is 47.8 Å². The lowest BCUT2D eigenvalue weighted by Gasteiger charge is -1.99. The van der Waals surface area contributed by atoms with Gasteiger partial charge in [0.25, 0.3) is 0 Å². The summed E-state index contributed by atoms with van der Waals surface area (Å²) < 4.78 is 1.98. The summed E-state index contributed by atoms with van der Waals surface area (Å²) in [6.07, 6.45) is 7.59. The van der Waals surface area contributed by atoms with E-state index in [2.05, 4.69) is 16.9 Å². The molecule has 0 saturated heterocycles. The summed E-state index contributed by atoms with van der Waals surface area (Å²) in [5.41, 5.74) is 0.923. The van der Waals surface area contributed by atoms with Crippen molar-refractivity contribution in [3.63, 3.8) is 0 Å². The summed E-state index contributed by atoms with van der Waals surface area (Å²) in [7, 11) is 1.94. The van der Waals surface area contributed by atoms with Gasteiger partial charge in [0.2, 0.25) is 5.78 Å². The average Bonchev–Trinajstić information content (AvgIpc) is 2.96. The smallest absolute Gasteiger partial charge is 0.214 e. The predicted octanol–water partition coefficient (Wildman–Crippen LogP) is 2.34. The van der Waals surface area contributed by atoms with Crippen LogP contribution in [0.5, 0.6) is 0 Å². The zero-order chi connectivity index (χ0) is 12.3. The van der Waals surface area contributed by atoms with Crippen LogP contribution in [0.25, 0.3) is 6.08 Å². The lowest BCUT2D eigenvalue weighted by molar-refractivity contribution is 0.104. The Morgan fingerprint density at radius 3 is 2.94 bits per heavy atom. The molecule has 0 radical (unpaired) electrons. The van der Waals surface area contributed by atoms with Gasteiger partial charge >= 0.3 is 0 Å². The summed E-state index contributed by atoms with van der Waals surface area (Å²) in [6, 6.07) is 0. The molecule has 0 N–H and O–H groups in total. The minimum atomic E-state index is -0.0701. The van der Waals surface area contributed by atoms with Crippen molar-refractivity contribution in [2.24, 2.45) is 7.05 Å². The number of aromatic nitrogens is 3. The number of ketones is 1. The molecule has 88 valence electrons. The second kappa shape index (κ2) is 5.05. The number of aryl methyl sites for hydroxylation is 1. The fraction of sp³-hybridized carbons (Fsp3) is 0.250. The molecule has 2 aromatic heterocycles. The maximum Gasteiger partial charge on any atom is 0.214 e. The molecule has 17 heavy (non-hydrogen) atoms. The van der Waals surface area contributed by atoms with Gasteiger partial charge in [-0.1, -0.05) is 6.92 Å². The highest BCUT2D eigenvalue weighted by Crippen LogP contribution is 2.09. The van der Waals surface area contributed by atoms with Crippen LogP contribution in [0.3, 0.4) is 0 Å². The molecule has 0 aromatic carbocycles. The van der Waals surface area contributed by atoms with Gasteiger partial charge in [0.15, 0.2) is 5.01 Å². The molecule has 0 aliphatic carbocycles. The van der Waals surface area contributed by atoms with Gasteiger partial charge in [-0.3, -0.25) is 4.79 Å². The molecule has 0 amide bonds.